The van der Waals surface area contributed by atoms with E-state index in [9.17, 15) is 13.2 Å². The van der Waals surface area contributed by atoms with E-state index in [1.165, 1.54) is 4.88 Å². The molecule has 6 heteroatoms. The molecule has 0 saturated carbocycles. The van der Waals surface area contributed by atoms with Crippen molar-refractivity contribution in [2.45, 2.75) is 37.6 Å². The molecule has 17 heavy (non-hydrogen) atoms. The molecule has 0 aliphatic heterocycles. The Morgan fingerprint density at radius 1 is 1.53 bits per heavy atom. The Kier molecular flexibility index (Phi) is 3.75. The highest BCUT2D eigenvalue weighted by atomic mass is 32.1. The van der Waals surface area contributed by atoms with Crippen molar-refractivity contribution in [2.24, 2.45) is 0 Å². The minimum absolute atomic E-state index is 0.0537. The summed E-state index contributed by atoms with van der Waals surface area (Å²) in [7, 11) is 0. The largest absolute Gasteiger partial charge is 0.415 e. The summed E-state index contributed by atoms with van der Waals surface area (Å²) in [5.41, 5.74) is 1.09. The molecular weight excluding hydrogens is 251 g/mol. The average Bonchev–Trinajstić information content (AvgIpc) is 2.72. The summed E-state index contributed by atoms with van der Waals surface area (Å²) in [4.78, 5) is 1.25. The monoisotopic (exact) mass is 265 g/mol. The highest BCUT2D eigenvalue weighted by Gasteiger charge is 2.38. The predicted molar refractivity (Wildman–Crippen MR) is 60.1 cm³/mol. The van der Waals surface area contributed by atoms with Gasteiger partial charge in [0.15, 0.2) is 6.10 Å². The van der Waals surface area contributed by atoms with E-state index in [1.54, 1.807) is 11.3 Å². The fraction of sp³-hybridized carbons (Fsp3) is 0.636. The molecule has 0 saturated heterocycles. The van der Waals surface area contributed by atoms with Gasteiger partial charge in [-0.2, -0.15) is 13.2 Å². The molecule has 1 heterocycles. The number of thiophene rings is 1. The van der Waals surface area contributed by atoms with Crippen LogP contribution >= 0.6 is 11.3 Å². The van der Waals surface area contributed by atoms with E-state index < -0.39 is 18.8 Å². The second-order valence-electron chi connectivity index (χ2n) is 4.21. The lowest BCUT2D eigenvalue weighted by atomic mass is 9.94. The van der Waals surface area contributed by atoms with Gasteiger partial charge in [0.05, 0.1) is 0 Å². The van der Waals surface area contributed by atoms with Crippen molar-refractivity contribution >= 4 is 11.3 Å². The van der Waals surface area contributed by atoms with Crippen molar-refractivity contribution in [1.82, 2.24) is 5.32 Å². The molecule has 0 aromatic carbocycles. The number of hydrogen-bond donors (Lipinski definition) is 2. The van der Waals surface area contributed by atoms with Gasteiger partial charge >= 0.3 is 6.18 Å². The van der Waals surface area contributed by atoms with Crippen LogP contribution in [0.25, 0.3) is 0 Å². The van der Waals surface area contributed by atoms with E-state index in [-0.39, 0.29) is 6.04 Å². The lowest BCUT2D eigenvalue weighted by Gasteiger charge is -2.25. The molecule has 0 radical (unpaired) electrons. The van der Waals surface area contributed by atoms with Crippen molar-refractivity contribution in [3.8, 4) is 0 Å². The Labute approximate surface area is 101 Å². The molecule has 0 bridgehead atoms. The van der Waals surface area contributed by atoms with Gasteiger partial charge in [-0.1, -0.05) is 0 Å². The lowest BCUT2D eigenvalue weighted by molar-refractivity contribution is -0.202. The summed E-state index contributed by atoms with van der Waals surface area (Å²) in [6, 6.07) is 1.90. The molecule has 1 aromatic heterocycles. The summed E-state index contributed by atoms with van der Waals surface area (Å²) < 4.78 is 36.5. The number of rotatable bonds is 3. The Bertz CT molecular complexity index is 377. The fourth-order valence-electron chi connectivity index (χ4n) is 2.07. The third-order valence-corrected chi connectivity index (χ3v) is 3.98. The molecule has 0 spiro atoms. The summed E-state index contributed by atoms with van der Waals surface area (Å²) in [5.74, 6) is 0. The summed E-state index contributed by atoms with van der Waals surface area (Å²) in [5, 5.41) is 13.7. The van der Waals surface area contributed by atoms with Gasteiger partial charge in [-0.15, -0.1) is 11.3 Å². The molecule has 2 N–H and O–H groups in total. The summed E-state index contributed by atoms with van der Waals surface area (Å²) in [6.07, 6.45) is -4.01. The second-order valence-corrected chi connectivity index (χ2v) is 5.21. The number of aliphatic hydroxyl groups excluding tert-OH is 1. The first-order valence-electron chi connectivity index (χ1n) is 5.53. The molecule has 0 amide bonds. The SMILES string of the molecule is OC(CNC1CCCc2sccc21)C(F)(F)F. The highest BCUT2D eigenvalue weighted by Crippen LogP contribution is 2.33. The molecule has 96 valence electrons. The Morgan fingerprint density at radius 3 is 3.00 bits per heavy atom. The molecule has 1 aliphatic rings. The average molecular weight is 265 g/mol. The number of halogens is 3. The number of fused-ring (bicyclic) bond motifs is 1. The van der Waals surface area contributed by atoms with E-state index in [1.807, 2.05) is 11.4 Å². The normalized spacial score (nSPS) is 22.2. The van der Waals surface area contributed by atoms with Crippen LogP contribution in [0.1, 0.15) is 29.3 Å². The van der Waals surface area contributed by atoms with Gasteiger partial charge in [0.25, 0.3) is 0 Å². The van der Waals surface area contributed by atoms with Crippen LogP contribution in [0.5, 0.6) is 0 Å². The summed E-state index contributed by atoms with van der Waals surface area (Å²) >= 11 is 1.64. The number of alkyl halides is 3. The van der Waals surface area contributed by atoms with Gasteiger partial charge in [-0.05, 0) is 36.3 Å². The number of nitrogens with one attached hydrogen (secondary N) is 1. The Morgan fingerprint density at radius 2 is 2.29 bits per heavy atom. The van der Waals surface area contributed by atoms with Crippen LogP contribution in [-0.4, -0.2) is 23.9 Å². The van der Waals surface area contributed by atoms with E-state index in [0.29, 0.717) is 0 Å². The van der Waals surface area contributed by atoms with Gasteiger partial charge in [-0.3, -0.25) is 0 Å². The maximum Gasteiger partial charge on any atom is 0.415 e. The highest BCUT2D eigenvalue weighted by molar-refractivity contribution is 7.10. The van der Waals surface area contributed by atoms with Crippen LogP contribution in [0.4, 0.5) is 13.2 Å². The van der Waals surface area contributed by atoms with Crippen molar-refractivity contribution in [3.63, 3.8) is 0 Å². The third-order valence-electron chi connectivity index (χ3n) is 2.99. The van der Waals surface area contributed by atoms with Crippen LogP contribution in [0.2, 0.25) is 0 Å². The molecule has 2 unspecified atom stereocenters. The Hall–Kier alpha value is -0.590. The lowest BCUT2D eigenvalue weighted by Crippen LogP contribution is -2.40. The van der Waals surface area contributed by atoms with Crippen LogP contribution in [-0.2, 0) is 6.42 Å². The number of aliphatic hydroxyl groups is 1. The molecule has 2 nitrogen and oxygen atoms in total. The minimum Gasteiger partial charge on any atom is -0.382 e. The van der Waals surface area contributed by atoms with E-state index in [2.05, 4.69) is 5.32 Å². The van der Waals surface area contributed by atoms with E-state index in [4.69, 9.17) is 5.11 Å². The first-order valence-corrected chi connectivity index (χ1v) is 6.41. The number of aryl methyl sites for hydroxylation is 1. The van der Waals surface area contributed by atoms with Gasteiger partial charge in [0.1, 0.15) is 0 Å². The van der Waals surface area contributed by atoms with E-state index in [0.717, 1.165) is 24.8 Å². The van der Waals surface area contributed by atoms with Crippen LogP contribution < -0.4 is 5.32 Å². The standard InChI is InChI=1S/C11H14F3NOS/c12-11(13,14)10(16)6-15-8-2-1-3-9-7(8)4-5-17-9/h4-5,8,10,15-16H,1-3,6H2. The molecule has 2 rings (SSSR count). The minimum atomic E-state index is -4.54. The van der Waals surface area contributed by atoms with Crippen LogP contribution in [0.15, 0.2) is 11.4 Å². The van der Waals surface area contributed by atoms with E-state index >= 15 is 0 Å². The molecular formula is C11H14F3NOS. The molecule has 2 atom stereocenters. The van der Waals surface area contributed by atoms with Gasteiger partial charge in [0.2, 0.25) is 0 Å². The zero-order chi connectivity index (χ0) is 12.5. The van der Waals surface area contributed by atoms with Crippen molar-refractivity contribution < 1.29 is 18.3 Å². The van der Waals surface area contributed by atoms with Crippen LogP contribution in [0.3, 0.4) is 0 Å². The predicted octanol–water partition coefficient (Wildman–Crippen LogP) is 2.64. The Balaban J connectivity index is 1.94. The van der Waals surface area contributed by atoms with Crippen molar-refractivity contribution in [2.75, 3.05) is 6.54 Å². The zero-order valence-corrected chi connectivity index (χ0v) is 9.94. The van der Waals surface area contributed by atoms with Crippen molar-refractivity contribution in [3.05, 3.63) is 21.9 Å². The van der Waals surface area contributed by atoms with Gasteiger partial charge in [0, 0.05) is 17.5 Å². The topological polar surface area (TPSA) is 32.3 Å². The first kappa shape index (κ1) is 12.9. The molecule has 0 fully saturated rings. The fourth-order valence-corrected chi connectivity index (χ4v) is 3.06. The third kappa shape index (κ3) is 3.00. The smallest absolute Gasteiger partial charge is 0.382 e. The van der Waals surface area contributed by atoms with Crippen molar-refractivity contribution in [1.29, 1.82) is 0 Å². The zero-order valence-electron chi connectivity index (χ0n) is 9.13. The molecule has 1 aromatic rings. The first-order chi connectivity index (χ1) is 7.98. The maximum absolute atomic E-state index is 12.2. The van der Waals surface area contributed by atoms with Crippen LogP contribution in [0, 0.1) is 0 Å². The maximum atomic E-state index is 12.2. The summed E-state index contributed by atoms with van der Waals surface area (Å²) in [6.45, 7) is -0.441. The second kappa shape index (κ2) is 4.96. The molecule has 1 aliphatic carbocycles. The number of hydrogen-bond acceptors (Lipinski definition) is 3. The quantitative estimate of drug-likeness (QED) is 0.880. The van der Waals surface area contributed by atoms with Gasteiger partial charge < -0.3 is 10.4 Å². The van der Waals surface area contributed by atoms with Gasteiger partial charge in [-0.25, -0.2) is 0 Å².